The highest BCUT2D eigenvalue weighted by Crippen LogP contribution is 2.56. The summed E-state index contributed by atoms with van der Waals surface area (Å²) < 4.78 is 19.3. The molecule has 5 atom stereocenters. The van der Waals surface area contributed by atoms with E-state index in [1.165, 1.54) is 39.1 Å². The van der Waals surface area contributed by atoms with Crippen LogP contribution in [0.2, 0.25) is 0 Å². The number of thiazole rings is 1. The summed E-state index contributed by atoms with van der Waals surface area (Å²) in [4.78, 5) is 84.7. The molecular weight excluding hydrogens is 943 g/mol. The van der Waals surface area contributed by atoms with Gasteiger partial charge in [-0.05, 0) is 87.8 Å². The van der Waals surface area contributed by atoms with Crippen LogP contribution in [0.3, 0.4) is 0 Å². The molecule has 5 amide bonds. The second-order valence-corrected chi connectivity index (χ2v) is 23.2. The fourth-order valence-corrected chi connectivity index (χ4v) is 13.1. The fourth-order valence-electron chi connectivity index (χ4n) is 10.9. The van der Waals surface area contributed by atoms with Gasteiger partial charge in [0.2, 0.25) is 11.8 Å². The zero-order valence-corrected chi connectivity index (χ0v) is 43.8. The lowest BCUT2D eigenvalue weighted by Gasteiger charge is -2.41. The molecule has 71 heavy (non-hydrogen) atoms. The molecule has 5 aliphatic heterocycles. The van der Waals surface area contributed by atoms with Crippen molar-refractivity contribution in [2.45, 2.75) is 121 Å². The standard InChI is InChI=1S/C52H67N9O8S2/c1-10-41(62)59-28-51(69-30-59)18-22-58(23-19-51)49(66)57(8)43(31(3)4)45(63)55-47-52(71-47)26-40-54-38(27-70-40)33-16-17-39-35(24-33)36(44(60(39)11-2)34-14-12-20-53-42(34)32(5)67-9)25-50(6,7)29-68-46(64)37-15-13-21-61(56-37)48(52)65/h10,12,14,16-17,20,24,27,31-32,37,43,47,56H,1,11,13,15,18-19,21-23,25-26,28-30H2,2-9H3,(H,55,63)/t32-,37-,43-,47?,52-/m0/s1. The predicted molar refractivity (Wildman–Crippen MR) is 273 cm³/mol. The summed E-state index contributed by atoms with van der Waals surface area (Å²) in [5, 5.41) is 7.90. The van der Waals surface area contributed by atoms with Gasteiger partial charge in [0.05, 0.1) is 46.9 Å². The molecule has 6 bridgehead atoms. The Morgan fingerprint density at radius 1 is 1.10 bits per heavy atom. The van der Waals surface area contributed by atoms with E-state index in [1.807, 2.05) is 32.2 Å². The van der Waals surface area contributed by atoms with E-state index >= 15 is 0 Å². The molecule has 0 radical (unpaired) electrons. The molecule has 19 heteroatoms. The lowest BCUT2D eigenvalue weighted by Crippen LogP contribution is -2.60. The number of carbonyl (C=O) groups excluding carboxylic acids is 5. The molecule has 5 aliphatic rings. The zero-order valence-electron chi connectivity index (χ0n) is 42.1. The van der Waals surface area contributed by atoms with Crippen molar-refractivity contribution in [2.24, 2.45) is 11.3 Å². The topological polar surface area (TPSA) is 181 Å². The first-order valence-electron chi connectivity index (χ1n) is 24.8. The van der Waals surface area contributed by atoms with Crippen molar-refractivity contribution < 1.29 is 38.2 Å². The van der Waals surface area contributed by atoms with Gasteiger partial charge >= 0.3 is 12.0 Å². The first-order chi connectivity index (χ1) is 33.9. The summed E-state index contributed by atoms with van der Waals surface area (Å²) in [5.74, 6) is -1.49. The molecule has 17 nitrogen and oxygen atoms in total. The van der Waals surface area contributed by atoms with Gasteiger partial charge in [-0.25, -0.2) is 15.2 Å². The van der Waals surface area contributed by atoms with E-state index in [0.29, 0.717) is 64.8 Å². The number of hydrogen-bond donors (Lipinski definition) is 2. The molecule has 3 aromatic heterocycles. The number of urea groups is 1. The van der Waals surface area contributed by atoms with Gasteiger partial charge in [-0.15, -0.1) is 23.1 Å². The predicted octanol–water partition coefficient (Wildman–Crippen LogP) is 6.56. The van der Waals surface area contributed by atoms with Crippen LogP contribution in [0, 0.1) is 11.3 Å². The highest BCUT2D eigenvalue weighted by Gasteiger charge is 2.65. The lowest BCUT2D eigenvalue weighted by atomic mass is 9.84. The minimum atomic E-state index is -1.14. The Hall–Kier alpha value is -5.34. The molecule has 0 saturated carbocycles. The molecule has 1 aromatic carbocycles. The highest BCUT2D eigenvalue weighted by molar-refractivity contribution is 8.09. The van der Waals surface area contributed by atoms with Crippen LogP contribution in [0.4, 0.5) is 4.79 Å². The zero-order chi connectivity index (χ0) is 50.6. The summed E-state index contributed by atoms with van der Waals surface area (Å²) in [5.41, 5.74) is 8.96. The number of hydrogen-bond acceptors (Lipinski definition) is 13. The van der Waals surface area contributed by atoms with Gasteiger partial charge in [0.1, 0.15) is 28.9 Å². The lowest BCUT2D eigenvalue weighted by molar-refractivity contribution is -0.155. The van der Waals surface area contributed by atoms with Gasteiger partial charge < -0.3 is 38.8 Å². The Labute approximate surface area is 424 Å². The molecule has 380 valence electrons. The number of aromatic nitrogens is 3. The van der Waals surface area contributed by atoms with Crippen molar-refractivity contribution in [3.05, 3.63) is 70.8 Å². The third-order valence-corrected chi connectivity index (χ3v) is 17.3. The number of carbonyl (C=O) groups is 5. The van der Waals surface area contributed by atoms with Gasteiger partial charge in [0.15, 0.2) is 0 Å². The maximum absolute atomic E-state index is 15.0. The number of benzene rings is 1. The van der Waals surface area contributed by atoms with Crippen molar-refractivity contribution in [1.82, 2.24) is 45.0 Å². The Morgan fingerprint density at radius 2 is 1.87 bits per heavy atom. The van der Waals surface area contributed by atoms with Gasteiger partial charge in [-0.2, -0.15) is 0 Å². The van der Waals surface area contributed by atoms with E-state index in [-0.39, 0.29) is 55.5 Å². The smallest absolute Gasteiger partial charge is 0.324 e. The van der Waals surface area contributed by atoms with Crippen LogP contribution in [0.1, 0.15) is 89.6 Å². The number of ether oxygens (including phenoxy) is 3. The van der Waals surface area contributed by atoms with Crippen LogP contribution in [-0.4, -0.2) is 145 Å². The molecule has 1 unspecified atom stereocenters. The molecule has 4 fully saturated rings. The first-order valence-corrected chi connectivity index (χ1v) is 26.6. The van der Waals surface area contributed by atoms with E-state index in [0.717, 1.165) is 49.7 Å². The van der Waals surface area contributed by atoms with E-state index in [1.54, 1.807) is 30.2 Å². The Balaban J connectivity index is 1.01. The monoisotopic (exact) mass is 1010 g/mol. The second kappa shape index (κ2) is 19.9. The number of methoxy groups -OCH3 is 1. The maximum Gasteiger partial charge on any atom is 0.324 e. The molecule has 9 rings (SSSR count). The number of fused-ring (bicyclic) bond motifs is 6. The minimum Gasteiger partial charge on any atom is -0.464 e. The van der Waals surface area contributed by atoms with Crippen molar-refractivity contribution in [2.75, 3.05) is 53.7 Å². The summed E-state index contributed by atoms with van der Waals surface area (Å²) >= 11 is 2.83. The van der Waals surface area contributed by atoms with Gasteiger partial charge in [-0.1, -0.05) is 40.3 Å². The third kappa shape index (κ3) is 9.71. The highest BCUT2D eigenvalue weighted by atomic mass is 32.2. The fraction of sp³-hybridized carbons (Fsp3) is 0.558. The van der Waals surface area contributed by atoms with Gasteiger partial charge in [0.25, 0.3) is 5.91 Å². The molecule has 4 saturated heterocycles. The van der Waals surface area contributed by atoms with Crippen LogP contribution in [0.5, 0.6) is 0 Å². The number of thioether (sulfide) groups is 1. The van der Waals surface area contributed by atoms with E-state index in [9.17, 15) is 24.0 Å². The number of cyclic esters (lactones) is 1. The number of pyridine rings is 1. The Morgan fingerprint density at radius 3 is 2.59 bits per heavy atom. The van der Waals surface area contributed by atoms with E-state index < -0.39 is 39.2 Å². The average Bonchev–Trinajstić information content (AvgIpc) is 3.64. The number of esters is 1. The number of nitrogens with one attached hydrogen (secondary N) is 2. The first kappa shape index (κ1) is 50.6. The van der Waals surface area contributed by atoms with E-state index in [4.69, 9.17) is 24.2 Å². The van der Waals surface area contributed by atoms with E-state index in [2.05, 4.69) is 66.9 Å². The molecule has 0 aliphatic carbocycles. The SMILES string of the molecule is C=CC(=O)N1COC2(CCN(C(=O)N(C)[C@H](C(=O)NC3S[C@@]34Cc3nc(cs3)-c3ccc5c(c3)c(c(-c3cccnc3[C@H](C)OC)n5CC)CC(C)(C)COC(=O)[C@@H]3CCCN(N3)C4=O)C(C)C)CC2)C1. The molecule has 4 aromatic rings. The number of aryl methyl sites for hydroxylation is 1. The van der Waals surface area contributed by atoms with Gasteiger partial charge in [0, 0.05) is 85.8 Å². The number of rotatable bonds is 9. The van der Waals surface area contributed by atoms with Crippen molar-refractivity contribution in [3.63, 3.8) is 0 Å². The van der Waals surface area contributed by atoms with Crippen molar-refractivity contribution in [3.8, 4) is 22.5 Å². The van der Waals surface area contributed by atoms with Crippen molar-refractivity contribution >= 4 is 63.7 Å². The van der Waals surface area contributed by atoms with Gasteiger partial charge in [-0.3, -0.25) is 29.2 Å². The number of amides is 5. The number of piperidine rings is 1. The molecule has 2 spiro atoms. The quantitative estimate of drug-likeness (QED) is 0.105. The Bertz CT molecular complexity index is 2730. The summed E-state index contributed by atoms with van der Waals surface area (Å²) in [7, 11) is 3.34. The van der Waals surface area contributed by atoms with Crippen LogP contribution in [-0.2, 0) is 52.8 Å². The van der Waals surface area contributed by atoms with Crippen LogP contribution in [0.15, 0.2) is 54.6 Å². The normalized spacial score (nSPS) is 23.9. The second-order valence-electron chi connectivity index (χ2n) is 20.8. The molecule has 2 N–H and O–H groups in total. The third-order valence-electron chi connectivity index (χ3n) is 14.9. The number of likely N-dealkylation sites (N-methyl/N-ethyl adjacent to an activating group) is 1. The molecule has 8 heterocycles. The van der Waals surface area contributed by atoms with Crippen LogP contribution >= 0.6 is 23.1 Å². The number of hydrazine groups is 1. The summed E-state index contributed by atoms with van der Waals surface area (Å²) in [6.45, 7) is 18.4. The molecular formula is C52H67N9O8S2. The number of likely N-dealkylation sites (tertiary alicyclic amines) is 1. The number of nitrogens with zero attached hydrogens (tertiary/aromatic N) is 7. The maximum atomic E-state index is 15.0. The minimum absolute atomic E-state index is 0.144. The summed E-state index contributed by atoms with van der Waals surface area (Å²) in [6.07, 6.45) is 5.82. The van der Waals surface area contributed by atoms with Crippen molar-refractivity contribution in [1.29, 1.82) is 0 Å². The van der Waals surface area contributed by atoms with Crippen LogP contribution in [0.25, 0.3) is 33.4 Å². The Kier molecular flexibility index (Phi) is 14.2. The average molecular weight is 1010 g/mol. The van der Waals surface area contributed by atoms with Crippen LogP contribution < -0.4 is 10.7 Å². The summed E-state index contributed by atoms with van der Waals surface area (Å²) in [6, 6.07) is 8.63. The largest absolute Gasteiger partial charge is 0.464 e.